The molecule has 0 radical (unpaired) electrons. The number of fused-ring (bicyclic) bond motifs is 1. The van der Waals surface area contributed by atoms with Crippen LogP contribution < -0.4 is 0 Å². The first-order valence-corrected chi connectivity index (χ1v) is 7.46. The molecule has 0 saturated carbocycles. The third-order valence-electron chi connectivity index (χ3n) is 3.63. The van der Waals surface area contributed by atoms with Gasteiger partial charge in [-0.1, -0.05) is 24.3 Å². The summed E-state index contributed by atoms with van der Waals surface area (Å²) in [6, 6.07) is 13.6. The van der Waals surface area contributed by atoms with Crippen LogP contribution in [0.25, 0.3) is 17.0 Å². The first-order chi connectivity index (χ1) is 11.1. The number of carbonyl (C=O) groups excluding carboxylic acids is 1. The number of likely N-dealkylation sites (N-methyl/N-ethyl adjacent to an activating group) is 1. The number of aromatic nitrogens is 1. The Hall–Kier alpha value is -2.88. The number of rotatable bonds is 4. The van der Waals surface area contributed by atoms with Crippen molar-refractivity contribution in [2.75, 3.05) is 7.05 Å². The first kappa shape index (κ1) is 15.0. The molecule has 116 valence electrons. The van der Waals surface area contributed by atoms with Gasteiger partial charge in [0.2, 0.25) is 5.91 Å². The summed E-state index contributed by atoms with van der Waals surface area (Å²) in [5.74, 6) is 1.55. The van der Waals surface area contributed by atoms with E-state index in [-0.39, 0.29) is 5.91 Å². The van der Waals surface area contributed by atoms with Crippen LogP contribution in [0.4, 0.5) is 0 Å². The standard InChI is InChI=1S/C19H18N2O2/c1-14-8-10-17(23-14)13-21(2)18(22)11-9-16-6-3-5-15-7-4-12-20-19(15)16/h3-12H,13H2,1-2H3/b11-9+. The van der Waals surface area contributed by atoms with Gasteiger partial charge in [0.15, 0.2) is 0 Å². The summed E-state index contributed by atoms with van der Waals surface area (Å²) in [5.41, 5.74) is 1.82. The Labute approximate surface area is 135 Å². The van der Waals surface area contributed by atoms with Gasteiger partial charge in [0, 0.05) is 30.3 Å². The van der Waals surface area contributed by atoms with Crippen LogP contribution in [0.15, 0.2) is 59.2 Å². The Balaban J connectivity index is 1.74. The van der Waals surface area contributed by atoms with E-state index in [0.717, 1.165) is 28.0 Å². The van der Waals surface area contributed by atoms with E-state index in [1.165, 1.54) is 0 Å². The fraction of sp³-hybridized carbons (Fsp3) is 0.158. The lowest BCUT2D eigenvalue weighted by atomic mass is 10.1. The van der Waals surface area contributed by atoms with Gasteiger partial charge in [-0.3, -0.25) is 9.78 Å². The van der Waals surface area contributed by atoms with E-state index < -0.39 is 0 Å². The first-order valence-electron chi connectivity index (χ1n) is 7.46. The Bertz CT molecular complexity index is 859. The molecule has 23 heavy (non-hydrogen) atoms. The molecule has 0 bridgehead atoms. The Morgan fingerprint density at radius 1 is 1.22 bits per heavy atom. The lowest BCUT2D eigenvalue weighted by Gasteiger charge is -2.13. The van der Waals surface area contributed by atoms with E-state index in [1.807, 2.05) is 55.5 Å². The van der Waals surface area contributed by atoms with Crippen molar-refractivity contribution in [2.24, 2.45) is 0 Å². The maximum absolute atomic E-state index is 12.2. The maximum atomic E-state index is 12.2. The number of amides is 1. The predicted molar refractivity (Wildman–Crippen MR) is 90.7 cm³/mol. The number of para-hydroxylation sites is 1. The van der Waals surface area contributed by atoms with Crippen molar-refractivity contribution in [2.45, 2.75) is 13.5 Å². The van der Waals surface area contributed by atoms with Gasteiger partial charge in [0.25, 0.3) is 0 Å². The minimum absolute atomic E-state index is 0.0769. The summed E-state index contributed by atoms with van der Waals surface area (Å²) in [4.78, 5) is 18.2. The molecule has 3 rings (SSSR count). The quantitative estimate of drug-likeness (QED) is 0.689. The molecule has 0 aliphatic carbocycles. The molecule has 0 atom stereocenters. The van der Waals surface area contributed by atoms with Gasteiger partial charge in [-0.2, -0.15) is 0 Å². The van der Waals surface area contributed by atoms with Gasteiger partial charge < -0.3 is 9.32 Å². The largest absolute Gasteiger partial charge is 0.464 e. The molecule has 0 N–H and O–H groups in total. The second kappa shape index (κ2) is 6.48. The molecular weight excluding hydrogens is 288 g/mol. The Kier molecular flexibility index (Phi) is 4.24. The number of benzene rings is 1. The summed E-state index contributed by atoms with van der Waals surface area (Å²) < 4.78 is 5.50. The Morgan fingerprint density at radius 3 is 2.83 bits per heavy atom. The van der Waals surface area contributed by atoms with E-state index in [0.29, 0.717) is 6.54 Å². The van der Waals surface area contributed by atoms with Crippen LogP contribution in [0.2, 0.25) is 0 Å². The Morgan fingerprint density at radius 2 is 2.04 bits per heavy atom. The average molecular weight is 306 g/mol. The molecule has 0 spiro atoms. The van der Waals surface area contributed by atoms with Crippen molar-refractivity contribution in [3.05, 3.63) is 71.8 Å². The van der Waals surface area contributed by atoms with Gasteiger partial charge in [-0.15, -0.1) is 0 Å². The highest BCUT2D eigenvalue weighted by atomic mass is 16.3. The highest BCUT2D eigenvalue weighted by molar-refractivity contribution is 5.95. The van der Waals surface area contributed by atoms with Crippen molar-refractivity contribution in [1.29, 1.82) is 0 Å². The molecule has 1 aromatic carbocycles. The van der Waals surface area contributed by atoms with Crippen LogP contribution in [0.5, 0.6) is 0 Å². The van der Waals surface area contributed by atoms with Crippen LogP contribution >= 0.6 is 0 Å². The highest BCUT2D eigenvalue weighted by Crippen LogP contribution is 2.17. The molecule has 3 aromatic rings. The predicted octanol–water partition coefficient (Wildman–Crippen LogP) is 3.81. The minimum Gasteiger partial charge on any atom is -0.464 e. The van der Waals surface area contributed by atoms with Crippen molar-refractivity contribution in [3.8, 4) is 0 Å². The fourth-order valence-electron chi connectivity index (χ4n) is 2.43. The molecule has 0 fully saturated rings. The zero-order chi connectivity index (χ0) is 16.2. The highest BCUT2D eigenvalue weighted by Gasteiger charge is 2.08. The molecule has 4 nitrogen and oxygen atoms in total. The molecule has 0 saturated heterocycles. The number of carbonyl (C=O) groups is 1. The number of pyridine rings is 1. The summed E-state index contributed by atoms with van der Waals surface area (Å²) in [6.45, 7) is 2.34. The number of nitrogens with zero attached hydrogens (tertiary/aromatic N) is 2. The van der Waals surface area contributed by atoms with Gasteiger partial charge >= 0.3 is 0 Å². The van der Waals surface area contributed by atoms with Crippen molar-refractivity contribution < 1.29 is 9.21 Å². The van der Waals surface area contributed by atoms with Crippen LogP contribution in [0.1, 0.15) is 17.1 Å². The third-order valence-corrected chi connectivity index (χ3v) is 3.63. The van der Waals surface area contributed by atoms with E-state index in [2.05, 4.69) is 4.98 Å². The number of furan rings is 1. The lowest BCUT2D eigenvalue weighted by molar-refractivity contribution is -0.125. The molecule has 0 unspecified atom stereocenters. The third kappa shape index (κ3) is 3.48. The summed E-state index contributed by atoms with van der Waals surface area (Å²) in [7, 11) is 1.76. The smallest absolute Gasteiger partial charge is 0.246 e. The molecule has 1 amide bonds. The lowest BCUT2D eigenvalue weighted by Crippen LogP contribution is -2.23. The zero-order valence-corrected chi connectivity index (χ0v) is 13.2. The van der Waals surface area contributed by atoms with Crippen LogP contribution in [-0.2, 0) is 11.3 Å². The topological polar surface area (TPSA) is 46.3 Å². The van der Waals surface area contributed by atoms with E-state index in [1.54, 1.807) is 24.2 Å². The molecule has 2 aromatic heterocycles. The second-order valence-electron chi connectivity index (χ2n) is 5.46. The molecular formula is C19H18N2O2. The maximum Gasteiger partial charge on any atom is 0.246 e. The van der Waals surface area contributed by atoms with Crippen LogP contribution in [-0.4, -0.2) is 22.8 Å². The van der Waals surface area contributed by atoms with Crippen LogP contribution in [0, 0.1) is 6.92 Å². The second-order valence-corrected chi connectivity index (χ2v) is 5.46. The van der Waals surface area contributed by atoms with E-state index in [4.69, 9.17) is 4.42 Å². The minimum atomic E-state index is -0.0769. The fourth-order valence-corrected chi connectivity index (χ4v) is 2.43. The van der Waals surface area contributed by atoms with Gasteiger partial charge in [-0.25, -0.2) is 0 Å². The molecule has 2 heterocycles. The zero-order valence-electron chi connectivity index (χ0n) is 13.2. The van der Waals surface area contributed by atoms with Crippen molar-refractivity contribution in [1.82, 2.24) is 9.88 Å². The summed E-state index contributed by atoms with van der Waals surface area (Å²) in [5, 5.41) is 1.06. The van der Waals surface area contributed by atoms with Gasteiger partial charge in [-0.05, 0) is 31.2 Å². The number of hydrogen-bond acceptors (Lipinski definition) is 3. The monoisotopic (exact) mass is 306 g/mol. The molecule has 4 heteroatoms. The average Bonchev–Trinajstić information content (AvgIpc) is 2.97. The number of hydrogen-bond donors (Lipinski definition) is 0. The van der Waals surface area contributed by atoms with Gasteiger partial charge in [0.1, 0.15) is 11.5 Å². The normalized spacial score (nSPS) is 11.2. The molecule has 0 aliphatic heterocycles. The SMILES string of the molecule is Cc1ccc(CN(C)C(=O)/C=C/c2cccc3cccnc23)o1. The molecule has 0 aliphatic rings. The number of aryl methyl sites for hydroxylation is 1. The van der Waals surface area contributed by atoms with Gasteiger partial charge in [0.05, 0.1) is 12.1 Å². The van der Waals surface area contributed by atoms with Crippen LogP contribution in [0.3, 0.4) is 0 Å². The van der Waals surface area contributed by atoms with Crippen molar-refractivity contribution >= 4 is 22.9 Å². The van der Waals surface area contributed by atoms with E-state index in [9.17, 15) is 4.79 Å². The van der Waals surface area contributed by atoms with E-state index >= 15 is 0 Å². The van der Waals surface area contributed by atoms with Crippen molar-refractivity contribution in [3.63, 3.8) is 0 Å². The summed E-state index contributed by atoms with van der Waals surface area (Å²) >= 11 is 0. The summed E-state index contributed by atoms with van der Waals surface area (Å²) in [6.07, 6.45) is 5.13.